The first kappa shape index (κ1) is 20.4. The van der Waals surface area contributed by atoms with Gasteiger partial charge >= 0.3 is 6.09 Å². The van der Waals surface area contributed by atoms with E-state index in [-0.39, 0.29) is 17.9 Å². The van der Waals surface area contributed by atoms with E-state index in [2.05, 4.69) is 22.0 Å². The van der Waals surface area contributed by atoms with Crippen molar-refractivity contribution >= 4 is 6.09 Å². The molecule has 3 atom stereocenters. The van der Waals surface area contributed by atoms with Gasteiger partial charge in [-0.2, -0.15) is 5.26 Å². The Balaban J connectivity index is 1.77. The lowest BCUT2D eigenvalue weighted by Crippen LogP contribution is -2.53. The average molecular weight is 364 g/mol. The van der Waals surface area contributed by atoms with Gasteiger partial charge in [0.25, 0.3) is 0 Å². The fraction of sp³-hybridized carbons (Fsp3) is 0.684. The van der Waals surface area contributed by atoms with Gasteiger partial charge in [0.15, 0.2) is 0 Å². The first-order chi connectivity index (χ1) is 12.2. The van der Waals surface area contributed by atoms with Crippen molar-refractivity contribution in [2.75, 3.05) is 19.6 Å². The van der Waals surface area contributed by atoms with Gasteiger partial charge in [0.1, 0.15) is 11.4 Å². The maximum Gasteiger partial charge on any atom is 0.407 e. The Morgan fingerprint density at radius 2 is 2.27 bits per heavy atom. The zero-order valence-corrected chi connectivity index (χ0v) is 15.8. The average Bonchev–Trinajstić information content (AvgIpc) is 2.58. The molecular formula is C19H29FN4O2. The summed E-state index contributed by atoms with van der Waals surface area (Å²) in [5.74, 6) is -0.283. The lowest BCUT2D eigenvalue weighted by Gasteiger charge is -2.40. The van der Waals surface area contributed by atoms with Crippen LogP contribution in [0.3, 0.4) is 0 Å². The second-order valence-corrected chi connectivity index (χ2v) is 7.89. The molecule has 1 fully saturated rings. The van der Waals surface area contributed by atoms with Crippen molar-refractivity contribution < 1.29 is 13.9 Å². The molecule has 0 spiro atoms. The Morgan fingerprint density at radius 1 is 1.50 bits per heavy atom. The van der Waals surface area contributed by atoms with Crippen molar-refractivity contribution in [1.82, 2.24) is 16.0 Å². The Morgan fingerprint density at radius 3 is 2.88 bits per heavy atom. The third kappa shape index (κ3) is 5.82. The highest BCUT2D eigenvalue weighted by molar-refractivity contribution is 5.67. The zero-order valence-electron chi connectivity index (χ0n) is 15.8. The van der Waals surface area contributed by atoms with E-state index in [0.717, 1.165) is 19.4 Å². The van der Waals surface area contributed by atoms with E-state index in [4.69, 9.17) is 4.74 Å². The number of carbonyl (C=O) groups excluding carboxylic acids is 1. The molecule has 0 saturated carbocycles. The van der Waals surface area contributed by atoms with E-state index in [1.165, 1.54) is 12.2 Å². The van der Waals surface area contributed by atoms with Gasteiger partial charge in [-0.15, -0.1) is 0 Å². The number of allylic oxidation sites excluding steroid dienone is 3. The van der Waals surface area contributed by atoms with E-state index >= 15 is 0 Å². The minimum atomic E-state index is -0.704. The summed E-state index contributed by atoms with van der Waals surface area (Å²) in [5, 5.41) is 19.2. The molecule has 3 unspecified atom stereocenters. The lowest BCUT2D eigenvalue weighted by atomic mass is 9.72. The van der Waals surface area contributed by atoms with Gasteiger partial charge in [-0.25, -0.2) is 9.18 Å². The van der Waals surface area contributed by atoms with Crippen molar-refractivity contribution in [2.45, 2.75) is 57.7 Å². The topological polar surface area (TPSA) is 86.2 Å². The molecule has 144 valence electrons. The van der Waals surface area contributed by atoms with Crippen LogP contribution in [0.1, 0.15) is 40.0 Å². The number of nitrogens with one attached hydrogen (secondary N) is 3. The van der Waals surface area contributed by atoms with Crippen molar-refractivity contribution in [3.05, 3.63) is 24.1 Å². The van der Waals surface area contributed by atoms with Crippen molar-refractivity contribution in [1.29, 1.82) is 5.26 Å². The van der Waals surface area contributed by atoms with Crippen LogP contribution < -0.4 is 16.0 Å². The van der Waals surface area contributed by atoms with Crippen LogP contribution in [0.2, 0.25) is 0 Å². The quantitative estimate of drug-likeness (QED) is 0.653. The van der Waals surface area contributed by atoms with Crippen LogP contribution in [0.5, 0.6) is 0 Å². The molecule has 26 heavy (non-hydrogen) atoms. The normalized spacial score (nSPS) is 28.8. The molecule has 1 amide bonds. The lowest BCUT2D eigenvalue weighted by molar-refractivity contribution is 0.0527. The molecule has 1 heterocycles. The number of hydrogen-bond acceptors (Lipinski definition) is 5. The van der Waals surface area contributed by atoms with Crippen LogP contribution in [-0.2, 0) is 4.74 Å². The fourth-order valence-corrected chi connectivity index (χ4v) is 3.30. The third-order valence-corrected chi connectivity index (χ3v) is 4.63. The van der Waals surface area contributed by atoms with Crippen molar-refractivity contribution in [3.8, 4) is 6.07 Å². The first-order valence-corrected chi connectivity index (χ1v) is 9.14. The summed E-state index contributed by atoms with van der Waals surface area (Å²) in [6.07, 6.45) is 6.23. The van der Waals surface area contributed by atoms with Crippen LogP contribution in [0.4, 0.5) is 9.18 Å². The van der Waals surface area contributed by atoms with Crippen LogP contribution in [0.25, 0.3) is 0 Å². The molecule has 1 aliphatic carbocycles. The molecule has 7 heteroatoms. The second kappa shape index (κ2) is 8.65. The second-order valence-electron chi connectivity index (χ2n) is 7.89. The number of piperidine rings is 1. The zero-order chi connectivity index (χ0) is 19.2. The summed E-state index contributed by atoms with van der Waals surface area (Å²) in [7, 11) is 0. The van der Waals surface area contributed by atoms with Gasteiger partial charge in [0.2, 0.25) is 0 Å². The Labute approximate surface area is 154 Å². The number of nitrogens with zero attached hydrogens (tertiary/aromatic N) is 1. The predicted octanol–water partition coefficient (Wildman–Crippen LogP) is 2.54. The summed E-state index contributed by atoms with van der Waals surface area (Å²) in [5.41, 5.74) is -1.21. The molecule has 0 aromatic carbocycles. The highest BCUT2D eigenvalue weighted by atomic mass is 19.1. The molecule has 0 bridgehead atoms. The molecule has 6 nitrogen and oxygen atoms in total. The standard InChI is InChI=1S/C19H29FN4O2/c1-18(2,3)26-17(25)24-11-10-22-15-6-9-23-16(12-15)19(13-21)7-4-14(20)5-8-19/h4-5,7,15-16,22-23H,6,8-12H2,1-3H3,(H,24,25). The van der Waals surface area contributed by atoms with E-state index in [0.29, 0.717) is 19.5 Å². The maximum absolute atomic E-state index is 13.3. The number of rotatable bonds is 5. The van der Waals surface area contributed by atoms with Crippen LogP contribution in [-0.4, -0.2) is 43.4 Å². The largest absolute Gasteiger partial charge is 0.444 e. The number of alkyl carbamates (subject to hydrolysis) is 1. The van der Waals surface area contributed by atoms with Gasteiger partial charge in [0.05, 0.1) is 11.5 Å². The van der Waals surface area contributed by atoms with Crippen molar-refractivity contribution in [2.24, 2.45) is 5.41 Å². The van der Waals surface area contributed by atoms with Crippen LogP contribution >= 0.6 is 0 Å². The smallest absolute Gasteiger partial charge is 0.407 e. The Bertz CT molecular complexity index is 606. The van der Waals surface area contributed by atoms with Gasteiger partial charge in [-0.05, 0) is 58.7 Å². The molecule has 2 aliphatic rings. The van der Waals surface area contributed by atoms with Crippen LogP contribution in [0, 0.1) is 16.7 Å². The predicted molar refractivity (Wildman–Crippen MR) is 98.0 cm³/mol. The van der Waals surface area contributed by atoms with Gasteiger partial charge in [-0.3, -0.25) is 0 Å². The number of nitriles is 1. The monoisotopic (exact) mass is 364 g/mol. The van der Waals surface area contributed by atoms with E-state index in [1.54, 1.807) is 6.08 Å². The van der Waals surface area contributed by atoms with E-state index in [1.807, 2.05) is 20.8 Å². The summed E-state index contributed by atoms with van der Waals surface area (Å²) in [6.45, 7) is 7.37. The molecule has 2 rings (SSSR count). The van der Waals surface area contributed by atoms with E-state index in [9.17, 15) is 14.4 Å². The first-order valence-electron chi connectivity index (χ1n) is 9.14. The molecular weight excluding hydrogens is 335 g/mol. The molecule has 1 aliphatic heterocycles. The van der Waals surface area contributed by atoms with Gasteiger partial charge in [-0.1, -0.05) is 6.08 Å². The summed E-state index contributed by atoms with van der Waals surface area (Å²) in [6, 6.07) is 2.59. The number of halogens is 1. The van der Waals surface area contributed by atoms with E-state index < -0.39 is 17.1 Å². The third-order valence-electron chi connectivity index (χ3n) is 4.63. The molecule has 0 radical (unpaired) electrons. The van der Waals surface area contributed by atoms with Gasteiger partial charge < -0.3 is 20.7 Å². The van der Waals surface area contributed by atoms with Gasteiger partial charge in [0, 0.05) is 25.2 Å². The Hall–Kier alpha value is -1.91. The fourth-order valence-electron chi connectivity index (χ4n) is 3.30. The molecule has 3 N–H and O–H groups in total. The minimum Gasteiger partial charge on any atom is -0.444 e. The number of carbonyl (C=O) groups is 1. The number of hydrogen-bond donors (Lipinski definition) is 3. The summed E-state index contributed by atoms with van der Waals surface area (Å²) >= 11 is 0. The molecule has 0 aromatic heterocycles. The maximum atomic E-state index is 13.3. The number of ether oxygens (including phenoxy) is 1. The molecule has 1 saturated heterocycles. The Kier molecular flexibility index (Phi) is 6.79. The van der Waals surface area contributed by atoms with Crippen LogP contribution in [0.15, 0.2) is 24.1 Å². The summed E-state index contributed by atoms with van der Waals surface area (Å²) < 4.78 is 18.5. The SMILES string of the molecule is CC(C)(C)OC(=O)NCCNC1CCNC(C2(C#N)C=CC(F)=CC2)C1. The highest BCUT2D eigenvalue weighted by Crippen LogP contribution is 2.36. The van der Waals surface area contributed by atoms with Crippen molar-refractivity contribution in [3.63, 3.8) is 0 Å². The number of amides is 1. The summed E-state index contributed by atoms with van der Waals surface area (Å²) in [4.78, 5) is 11.6. The highest BCUT2D eigenvalue weighted by Gasteiger charge is 2.40. The molecule has 0 aromatic rings. The minimum absolute atomic E-state index is 0.0295.